The second-order valence-electron chi connectivity index (χ2n) is 4.02. The highest BCUT2D eigenvalue weighted by Gasteiger charge is 2.16. The average Bonchev–Trinajstić information content (AvgIpc) is 2.45. The average molecular weight is 283 g/mol. The Morgan fingerprint density at radius 2 is 1.95 bits per heavy atom. The molecule has 0 unspecified atom stereocenters. The van der Waals surface area contributed by atoms with Crippen molar-refractivity contribution in [3.63, 3.8) is 0 Å². The van der Waals surface area contributed by atoms with Gasteiger partial charge in [-0.05, 0) is 12.1 Å². The van der Waals surface area contributed by atoms with Gasteiger partial charge >= 0.3 is 5.97 Å². The maximum atomic E-state index is 11.9. The molecular formula is C14H21NO5. The molecule has 1 aromatic carbocycles. The monoisotopic (exact) mass is 283 g/mol. The highest BCUT2D eigenvalue weighted by Crippen LogP contribution is 2.24. The molecule has 0 aliphatic rings. The summed E-state index contributed by atoms with van der Waals surface area (Å²) in [7, 11) is 3.10. The summed E-state index contributed by atoms with van der Waals surface area (Å²) in [5.74, 6) is -0.0804. The molecule has 0 saturated carbocycles. The molecular weight excluding hydrogens is 262 g/mol. The smallest absolute Gasteiger partial charge is 0.344 e. The molecule has 6 heteroatoms. The molecule has 0 atom stereocenters. The van der Waals surface area contributed by atoms with E-state index in [1.165, 1.54) is 7.11 Å². The number of esters is 1. The van der Waals surface area contributed by atoms with E-state index in [-0.39, 0.29) is 12.2 Å². The maximum absolute atomic E-state index is 11.9. The lowest BCUT2D eigenvalue weighted by molar-refractivity contribution is 0.0384. The van der Waals surface area contributed by atoms with Gasteiger partial charge in [0, 0.05) is 25.8 Å². The van der Waals surface area contributed by atoms with Crippen molar-refractivity contribution in [3.05, 3.63) is 23.8 Å². The van der Waals surface area contributed by atoms with E-state index < -0.39 is 5.97 Å². The van der Waals surface area contributed by atoms with Crippen LogP contribution in [0, 0.1) is 0 Å². The lowest BCUT2D eigenvalue weighted by atomic mass is 10.1. The van der Waals surface area contributed by atoms with Crippen LogP contribution in [0.3, 0.4) is 0 Å². The summed E-state index contributed by atoms with van der Waals surface area (Å²) in [5.41, 5.74) is 6.36. The first-order valence-corrected chi connectivity index (χ1v) is 6.37. The summed E-state index contributed by atoms with van der Waals surface area (Å²) in [6.45, 7) is 1.86. The second kappa shape index (κ2) is 9.17. The molecule has 1 rings (SSSR count). The predicted octanol–water partition coefficient (Wildman–Crippen LogP) is 1.49. The van der Waals surface area contributed by atoms with Crippen LogP contribution in [0.5, 0.6) is 5.75 Å². The van der Waals surface area contributed by atoms with E-state index in [4.69, 9.17) is 24.7 Å². The minimum atomic E-state index is -0.489. The molecule has 0 amide bonds. The summed E-state index contributed by atoms with van der Waals surface area (Å²) < 4.78 is 20.4. The fourth-order valence-corrected chi connectivity index (χ4v) is 1.58. The standard InChI is InChI=1S/C14H21NO5/c1-17-9-10-19-7-4-8-20-14(16)13-11(15)5-3-6-12(13)18-2/h3,5-6H,4,7-10,15H2,1-2H3. The van der Waals surface area contributed by atoms with Crippen LogP contribution in [0.4, 0.5) is 5.69 Å². The van der Waals surface area contributed by atoms with Crippen molar-refractivity contribution >= 4 is 11.7 Å². The normalized spacial score (nSPS) is 10.3. The number of carbonyl (C=O) groups excluding carboxylic acids is 1. The highest BCUT2D eigenvalue weighted by atomic mass is 16.5. The second-order valence-corrected chi connectivity index (χ2v) is 4.02. The molecule has 0 aliphatic heterocycles. The molecule has 1 aromatic rings. The van der Waals surface area contributed by atoms with Crippen molar-refractivity contribution in [3.8, 4) is 5.75 Å². The summed E-state index contributed by atoms with van der Waals surface area (Å²) in [6, 6.07) is 5.02. The van der Waals surface area contributed by atoms with Crippen molar-refractivity contribution in [2.45, 2.75) is 6.42 Å². The van der Waals surface area contributed by atoms with Crippen molar-refractivity contribution < 1.29 is 23.7 Å². The van der Waals surface area contributed by atoms with Crippen LogP contribution < -0.4 is 10.5 Å². The zero-order valence-electron chi connectivity index (χ0n) is 11.9. The Balaban J connectivity index is 2.36. The quantitative estimate of drug-likeness (QED) is 0.420. The van der Waals surface area contributed by atoms with Crippen molar-refractivity contribution in [2.24, 2.45) is 0 Å². The summed E-state index contributed by atoms with van der Waals surface area (Å²) in [4.78, 5) is 11.9. The van der Waals surface area contributed by atoms with Crippen LogP contribution in [0.25, 0.3) is 0 Å². The van der Waals surface area contributed by atoms with Crippen molar-refractivity contribution in [1.29, 1.82) is 0 Å². The lowest BCUT2D eigenvalue weighted by Crippen LogP contribution is -2.12. The lowest BCUT2D eigenvalue weighted by Gasteiger charge is -2.11. The number of nitrogens with two attached hydrogens (primary N) is 1. The molecule has 0 saturated heterocycles. The zero-order valence-corrected chi connectivity index (χ0v) is 11.9. The van der Waals surface area contributed by atoms with E-state index in [0.717, 1.165) is 0 Å². The summed E-state index contributed by atoms with van der Waals surface area (Å²) in [6.07, 6.45) is 0.616. The molecule has 0 spiro atoms. The number of carbonyl (C=O) groups is 1. The Hall–Kier alpha value is -1.79. The third-order valence-corrected chi connectivity index (χ3v) is 2.58. The van der Waals surface area contributed by atoms with Gasteiger partial charge in [-0.2, -0.15) is 0 Å². The van der Waals surface area contributed by atoms with Gasteiger partial charge in [0.2, 0.25) is 0 Å². The topological polar surface area (TPSA) is 80.0 Å². The number of ether oxygens (including phenoxy) is 4. The molecule has 112 valence electrons. The van der Waals surface area contributed by atoms with Gasteiger partial charge in [-0.3, -0.25) is 0 Å². The summed E-state index contributed by atoms with van der Waals surface area (Å²) >= 11 is 0. The first kappa shape index (κ1) is 16.3. The number of hydrogen-bond donors (Lipinski definition) is 1. The molecule has 0 heterocycles. The van der Waals surface area contributed by atoms with E-state index >= 15 is 0 Å². The third-order valence-electron chi connectivity index (χ3n) is 2.58. The Bertz CT molecular complexity index is 422. The van der Waals surface area contributed by atoms with Crippen molar-refractivity contribution in [2.75, 3.05) is 46.4 Å². The van der Waals surface area contributed by atoms with Crippen LogP contribution in [0.15, 0.2) is 18.2 Å². The molecule has 6 nitrogen and oxygen atoms in total. The number of methoxy groups -OCH3 is 2. The number of hydrogen-bond acceptors (Lipinski definition) is 6. The minimum Gasteiger partial charge on any atom is -0.496 e. The zero-order chi connectivity index (χ0) is 14.8. The third kappa shape index (κ3) is 5.07. The van der Waals surface area contributed by atoms with Crippen LogP contribution in [-0.4, -0.2) is 46.6 Å². The van der Waals surface area contributed by atoms with Gasteiger partial charge in [0.25, 0.3) is 0 Å². The van der Waals surface area contributed by atoms with Gasteiger partial charge < -0.3 is 24.7 Å². The number of benzene rings is 1. The molecule has 20 heavy (non-hydrogen) atoms. The number of nitrogen functional groups attached to an aromatic ring is 1. The van der Waals surface area contributed by atoms with E-state index in [1.807, 2.05) is 0 Å². The fourth-order valence-electron chi connectivity index (χ4n) is 1.58. The van der Waals surface area contributed by atoms with Crippen LogP contribution in [0.1, 0.15) is 16.8 Å². The molecule has 0 radical (unpaired) electrons. The van der Waals surface area contributed by atoms with E-state index in [9.17, 15) is 4.79 Å². The van der Waals surface area contributed by atoms with Crippen LogP contribution in [0.2, 0.25) is 0 Å². The molecule has 0 bridgehead atoms. The highest BCUT2D eigenvalue weighted by molar-refractivity contribution is 5.98. The van der Waals surface area contributed by atoms with Gasteiger partial charge in [-0.25, -0.2) is 4.79 Å². The molecule has 0 aromatic heterocycles. The van der Waals surface area contributed by atoms with E-state index in [1.54, 1.807) is 25.3 Å². The molecule has 0 fully saturated rings. The van der Waals surface area contributed by atoms with Crippen LogP contribution >= 0.6 is 0 Å². The Kier molecular flexibility index (Phi) is 7.46. The SMILES string of the molecule is COCCOCCCOC(=O)c1c(N)cccc1OC. The maximum Gasteiger partial charge on any atom is 0.344 e. The Labute approximate surface area is 118 Å². The van der Waals surface area contributed by atoms with Gasteiger partial charge in [-0.15, -0.1) is 0 Å². The Morgan fingerprint density at radius 3 is 2.65 bits per heavy atom. The Morgan fingerprint density at radius 1 is 1.15 bits per heavy atom. The largest absolute Gasteiger partial charge is 0.496 e. The van der Waals surface area contributed by atoms with Crippen molar-refractivity contribution in [1.82, 2.24) is 0 Å². The van der Waals surface area contributed by atoms with Gasteiger partial charge in [0.1, 0.15) is 11.3 Å². The van der Waals surface area contributed by atoms with E-state index in [0.29, 0.717) is 37.7 Å². The number of anilines is 1. The first-order valence-electron chi connectivity index (χ1n) is 6.37. The molecule has 2 N–H and O–H groups in total. The van der Waals surface area contributed by atoms with Gasteiger partial charge in [-0.1, -0.05) is 6.07 Å². The summed E-state index contributed by atoms with van der Waals surface area (Å²) in [5, 5.41) is 0. The molecule has 0 aliphatic carbocycles. The van der Waals surface area contributed by atoms with Gasteiger partial charge in [0.15, 0.2) is 0 Å². The van der Waals surface area contributed by atoms with Crippen LogP contribution in [-0.2, 0) is 14.2 Å². The predicted molar refractivity (Wildman–Crippen MR) is 75.0 cm³/mol. The first-order chi connectivity index (χ1) is 9.70. The van der Waals surface area contributed by atoms with E-state index in [2.05, 4.69) is 0 Å². The fraction of sp³-hybridized carbons (Fsp3) is 0.500. The minimum absolute atomic E-state index is 0.260. The number of rotatable bonds is 9. The van der Waals surface area contributed by atoms with Gasteiger partial charge in [0.05, 0.1) is 26.9 Å².